The van der Waals surface area contributed by atoms with E-state index in [-0.39, 0.29) is 11.3 Å². The number of aryl methyl sites for hydroxylation is 1. The topological polar surface area (TPSA) is 51.5 Å². The summed E-state index contributed by atoms with van der Waals surface area (Å²) in [6.07, 6.45) is 0. The van der Waals surface area contributed by atoms with Gasteiger partial charge in [0.2, 0.25) is 0 Å². The molecule has 0 atom stereocenters. The molecular formula is C21H23NO3. The first kappa shape index (κ1) is 17.1. The molecule has 0 radical (unpaired) electrons. The van der Waals surface area contributed by atoms with Gasteiger partial charge < -0.3 is 14.5 Å². The van der Waals surface area contributed by atoms with Crippen LogP contribution in [0.2, 0.25) is 0 Å². The van der Waals surface area contributed by atoms with Crippen LogP contribution in [0.15, 0.2) is 46.9 Å². The lowest BCUT2D eigenvalue weighted by molar-refractivity contribution is 0.0997. The molecule has 0 aliphatic heterocycles. The van der Waals surface area contributed by atoms with Crippen molar-refractivity contribution in [3.05, 3.63) is 59.4 Å². The minimum absolute atomic E-state index is 0.0268. The van der Waals surface area contributed by atoms with Crippen LogP contribution in [0.3, 0.4) is 0 Å². The number of para-hydroxylation sites is 1. The Morgan fingerprint density at radius 2 is 1.84 bits per heavy atom. The molecule has 4 nitrogen and oxygen atoms in total. The van der Waals surface area contributed by atoms with Crippen molar-refractivity contribution in [1.82, 2.24) is 0 Å². The first-order valence-corrected chi connectivity index (χ1v) is 8.29. The second-order valence-corrected chi connectivity index (χ2v) is 7.17. The Kier molecular flexibility index (Phi) is 4.29. The van der Waals surface area contributed by atoms with Crippen molar-refractivity contribution in [2.75, 3.05) is 12.4 Å². The fourth-order valence-corrected chi connectivity index (χ4v) is 2.84. The Balaban J connectivity index is 1.98. The normalized spacial score (nSPS) is 11.6. The Morgan fingerprint density at radius 3 is 2.48 bits per heavy atom. The summed E-state index contributed by atoms with van der Waals surface area (Å²) in [5.41, 5.74) is 3.27. The quantitative estimate of drug-likeness (QED) is 0.705. The summed E-state index contributed by atoms with van der Waals surface area (Å²) >= 11 is 0. The molecule has 3 rings (SSSR count). The zero-order valence-electron chi connectivity index (χ0n) is 15.3. The van der Waals surface area contributed by atoms with Crippen LogP contribution in [0.25, 0.3) is 11.0 Å². The lowest BCUT2D eigenvalue weighted by atomic mass is 9.87. The van der Waals surface area contributed by atoms with Gasteiger partial charge in [-0.2, -0.15) is 0 Å². The first-order valence-electron chi connectivity index (χ1n) is 8.29. The summed E-state index contributed by atoms with van der Waals surface area (Å²) in [6, 6.07) is 13.5. The minimum atomic E-state index is -0.280. The standard InChI is InChI=1S/C21H23NO3/c1-13-15-8-6-7-9-17(15)25-19(13)20(23)22-16-12-14(21(2,3)4)10-11-18(16)24-5/h6-12H,1-5H3,(H,22,23). The van der Waals surface area contributed by atoms with Crippen molar-refractivity contribution in [1.29, 1.82) is 0 Å². The number of carbonyl (C=O) groups excluding carboxylic acids is 1. The van der Waals surface area contributed by atoms with Crippen molar-refractivity contribution in [2.24, 2.45) is 0 Å². The van der Waals surface area contributed by atoms with Gasteiger partial charge in [-0.1, -0.05) is 45.0 Å². The van der Waals surface area contributed by atoms with E-state index >= 15 is 0 Å². The minimum Gasteiger partial charge on any atom is -0.495 e. The highest BCUT2D eigenvalue weighted by Gasteiger charge is 2.21. The average molecular weight is 337 g/mol. The number of hydrogen-bond donors (Lipinski definition) is 1. The number of nitrogens with one attached hydrogen (secondary N) is 1. The predicted octanol–water partition coefficient (Wildman–Crippen LogP) is 5.30. The maximum atomic E-state index is 12.8. The SMILES string of the molecule is COc1ccc(C(C)(C)C)cc1NC(=O)c1oc2ccccc2c1C. The van der Waals surface area contributed by atoms with Gasteiger partial charge in [-0.3, -0.25) is 4.79 Å². The largest absolute Gasteiger partial charge is 0.495 e. The molecule has 1 heterocycles. The van der Waals surface area contributed by atoms with Gasteiger partial charge in [0.15, 0.2) is 5.76 Å². The van der Waals surface area contributed by atoms with Crippen LogP contribution in [0, 0.1) is 6.92 Å². The molecule has 0 aliphatic carbocycles. The highest BCUT2D eigenvalue weighted by Crippen LogP contribution is 2.32. The van der Waals surface area contributed by atoms with Crippen LogP contribution >= 0.6 is 0 Å². The van der Waals surface area contributed by atoms with Crippen LogP contribution in [0.4, 0.5) is 5.69 Å². The third-order valence-electron chi connectivity index (χ3n) is 4.36. The van der Waals surface area contributed by atoms with E-state index < -0.39 is 0 Å². The van der Waals surface area contributed by atoms with Crippen molar-refractivity contribution < 1.29 is 13.9 Å². The van der Waals surface area contributed by atoms with Gasteiger partial charge in [0, 0.05) is 10.9 Å². The fourth-order valence-electron chi connectivity index (χ4n) is 2.84. The van der Waals surface area contributed by atoms with Crippen LogP contribution in [-0.4, -0.2) is 13.0 Å². The molecule has 130 valence electrons. The number of methoxy groups -OCH3 is 1. The lowest BCUT2D eigenvalue weighted by Crippen LogP contribution is -2.15. The molecule has 0 saturated heterocycles. The molecule has 3 aromatic rings. The third-order valence-corrected chi connectivity index (χ3v) is 4.36. The number of benzene rings is 2. The number of amides is 1. The van der Waals surface area contributed by atoms with Crippen molar-refractivity contribution >= 4 is 22.6 Å². The van der Waals surface area contributed by atoms with E-state index in [9.17, 15) is 4.79 Å². The van der Waals surface area contributed by atoms with E-state index in [1.807, 2.05) is 49.4 Å². The first-order chi connectivity index (χ1) is 11.8. The number of hydrogen-bond acceptors (Lipinski definition) is 3. The predicted molar refractivity (Wildman–Crippen MR) is 101 cm³/mol. The van der Waals surface area contributed by atoms with Gasteiger partial charge >= 0.3 is 0 Å². The van der Waals surface area contributed by atoms with Crippen LogP contribution in [-0.2, 0) is 5.41 Å². The summed E-state index contributed by atoms with van der Waals surface area (Å²) < 4.78 is 11.1. The number of carbonyl (C=O) groups is 1. The van der Waals surface area contributed by atoms with Gasteiger partial charge in [-0.05, 0) is 36.1 Å². The van der Waals surface area contributed by atoms with Gasteiger partial charge in [0.1, 0.15) is 11.3 Å². The summed E-state index contributed by atoms with van der Waals surface area (Å²) in [4.78, 5) is 12.8. The van der Waals surface area contributed by atoms with Crippen molar-refractivity contribution in [3.63, 3.8) is 0 Å². The molecule has 0 unspecified atom stereocenters. The summed E-state index contributed by atoms with van der Waals surface area (Å²) in [5, 5.41) is 3.88. The molecular weight excluding hydrogens is 314 g/mol. The van der Waals surface area contributed by atoms with E-state index in [0.717, 1.165) is 16.5 Å². The molecule has 1 N–H and O–H groups in total. The summed E-state index contributed by atoms with van der Waals surface area (Å²) in [5.74, 6) is 0.664. The smallest absolute Gasteiger partial charge is 0.291 e. The van der Waals surface area contributed by atoms with E-state index in [1.165, 1.54) is 0 Å². The maximum Gasteiger partial charge on any atom is 0.291 e. The molecule has 0 aliphatic rings. The highest BCUT2D eigenvalue weighted by molar-refractivity contribution is 6.07. The zero-order chi connectivity index (χ0) is 18.2. The third kappa shape index (κ3) is 3.25. The van der Waals surface area contributed by atoms with Crippen LogP contribution in [0.5, 0.6) is 5.75 Å². The van der Waals surface area contributed by atoms with Gasteiger partial charge in [0.25, 0.3) is 5.91 Å². The number of ether oxygens (including phenoxy) is 1. The second kappa shape index (κ2) is 6.28. The van der Waals surface area contributed by atoms with Gasteiger partial charge in [0.05, 0.1) is 12.8 Å². The average Bonchev–Trinajstić information content (AvgIpc) is 2.91. The van der Waals surface area contributed by atoms with E-state index in [1.54, 1.807) is 7.11 Å². The number of anilines is 1. The molecule has 1 aromatic heterocycles. The van der Waals surface area contributed by atoms with Crippen molar-refractivity contribution in [2.45, 2.75) is 33.1 Å². The molecule has 0 fully saturated rings. The monoisotopic (exact) mass is 337 g/mol. The summed E-state index contributed by atoms with van der Waals surface area (Å²) in [7, 11) is 1.59. The lowest BCUT2D eigenvalue weighted by Gasteiger charge is -2.21. The van der Waals surface area contributed by atoms with Gasteiger partial charge in [-0.25, -0.2) is 0 Å². The number of fused-ring (bicyclic) bond motifs is 1. The van der Waals surface area contributed by atoms with E-state index in [2.05, 4.69) is 26.1 Å². The van der Waals surface area contributed by atoms with Gasteiger partial charge in [-0.15, -0.1) is 0 Å². The van der Waals surface area contributed by atoms with E-state index in [0.29, 0.717) is 22.8 Å². The summed E-state index contributed by atoms with van der Waals surface area (Å²) in [6.45, 7) is 8.28. The maximum absolute atomic E-state index is 12.8. The molecule has 1 amide bonds. The molecule has 0 bridgehead atoms. The second-order valence-electron chi connectivity index (χ2n) is 7.17. The highest BCUT2D eigenvalue weighted by atomic mass is 16.5. The Hall–Kier alpha value is -2.75. The molecule has 0 saturated carbocycles. The van der Waals surface area contributed by atoms with Crippen molar-refractivity contribution in [3.8, 4) is 5.75 Å². The molecule has 25 heavy (non-hydrogen) atoms. The molecule has 4 heteroatoms. The fraction of sp³-hybridized carbons (Fsp3) is 0.286. The number of furan rings is 1. The van der Waals surface area contributed by atoms with E-state index in [4.69, 9.17) is 9.15 Å². The Morgan fingerprint density at radius 1 is 1.12 bits per heavy atom. The number of rotatable bonds is 3. The molecule has 0 spiro atoms. The van der Waals surface area contributed by atoms with Crippen LogP contribution < -0.4 is 10.1 Å². The Bertz CT molecular complexity index is 932. The molecule has 2 aromatic carbocycles. The zero-order valence-corrected chi connectivity index (χ0v) is 15.3. The van der Waals surface area contributed by atoms with Crippen LogP contribution in [0.1, 0.15) is 42.5 Å². The Labute approximate surface area is 147 Å².